The Labute approximate surface area is 139 Å². The van der Waals surface area contributed by atoms with E-state index in [4.69, 9.17) is 0 Å². The van der Waals surface area contributed by atoms with Gasteiger partial charge in [-0.3, -0.25) is 0 Å². The molecule has 1 saturated heterocycles. The summed E-state index contributed by atoms with van der Waals surface area (Å²) >= 11 is 0. The predicted octanol–water partition coefficient (Wildman–Crippen LogP) is 2.07. The Bertz CT molecular complexity index is 233. The Morgan fingerprint density at radius 1 is 0.545 bits per heavy atom. The topological polar surface area (TPSA) is 13.0 Å². The molecule has 4 nitrogen and oxygen atoms in total. The van der Waals surface area contributed by atoms with Crippen LogP contribution in [0.3, 0.4) is 0 Å². The van der Waals surface area contributed by atoms with Gasteiger partial charge in [-0.1, -0.05) is 13.8 Å². The third-order valence-electron chi connectivity index (χ3n) is 4.70. The van der Waals surface area contributed by atoms with Crippen molar-refractivity contribution in [2.24, 2.45) is 0 Å². The maximum atomic E-state index is 2.67. The summed E-state index contributed by atoms with van der Waals surface area (Å²) in [6.45, 7) is 17.0. The molecule has 22 heavy (non-hydrogen) atoms. The van der Waals surface area contributed by atoms with Gasteiger partial charge in [0.05, 0.1) is 0 Å². The van der Waals surface area contributed by atoms with Crippen LogP contribution >= 0.6 is 0 Å². The lowest BCUT2D eigenvalue weighted by Gasteiger charge is -2.30. The molecule has 0 unspecified atom stereocenters. The molecule has 132 valence electrons. The van der Waals surface area contributed by atoms with Gasteiger partial charge in [0.2, 0.25) is 0 Å². The summed E-state index contributed by atoms with van der Waals surface area (Å²) in [4.78, 5) is 10.3. The van der Waals surface area contributed by atoms with E-state index in [9.17, 15) is 0 Å². The van der Waals surface area contributed by atoms with Crippen molar-refractivity contribution in [3.8, 4) is 0 Å². The summed E-state index contributed by atoms with van der Waals surface area (Å²) in [5.41, 5.74) is 0. The van der Waals surface area contributed by atoms with Crippen LogP contribution in [0, 0.1) is 0 Å². The van der Waals surface area contributed by atoms with Gasteiger partial charge in [-0.2, -0.15) is 0 Å². The first kappa shape index (κ1) is 19.9. The van der Waals surface area contributed by atoms with Crippen molar-refractivity contribution in [3.63, 3.8) is 0 Å². The molecule has 0 spiro atoms. The number of hydrogen-bond donors (Lipinski definition) is 0. The molecule has 0 saturated carbocycles. The third kappa shape index (κ3) is 9.09. The summed E-state index contributed by atoms with van der Waals surface area (Å²) in [5.74, 6) is 0. The number of nitrogens with zero attached hydrogens (tertiary/aromatic N) is 4. The summed E-state index contributed by atoms with van der Waals surface area (Å²) in [6.07, 6.45) is 5.14. The molecule has 0 bridgehead atoms. The lowest BCUT2D eigenvalue weighted by molar-refractivity contribution is 0.176. The standard InChI is InChI=1S/C18H40N4/c1-5-9-21-13-7-11-19(3)15-16-20(4)12-8-14-22(10-6-2)18-17-21/h5-18H2,1-4H3. The van der Waals surface area contributed by atoms with Gasteiger partial charge in [-0.15, -0.1) is 0 Å². The van der Waals surface area contributed by atoms with Crippen molar-refractivity contribution in [1.82, 2.24) is 19.6 Å². The van der Waals surface area contributed by atoms with E-state index in [-0.39, 0.29) is 0 Å². The molecular formula is C18H40N4. The zero-order valence-corrected chi connectivity index (χ0v) is 15.7. The lowest BCUT2D eigenvalue weighted by atomic mass is 10.2. The number of hydrogen-bond acceptors (Lipinski definition) is 4. The minimum Gasteiger partial charge on any atom is -0.305 e. The largest absolute Gasteiger partial charge is 0.305 e. The number of likely N-dealkylation sites (N-methyl/N-ethyl adjacent to an activating group) is 2. The maximum Gasteiger partial charge on any atom is 0.0109 e. The van der Waals surface area contributed by atoms with E-state index in [1.807, 2.05) is 0 Å². The molecule has 1 rings (SSSR count). The van der Waals surface area contributed by atoms with E-state index in [0.717, 1.165) is 0 Å². The molecule has 0 radical (unpaired) electrons. The van der Waals surface area contributed by atoms with Crippen molar-refractivity contribution in [1.29, 1.82) is 0 Å². The van der Waals surface area contributed by atoms with E-state index >= 15 is 0 Å². The molecule has 1 aliphatic rings. The van der Waals surface area contributed by atoms with E-state index in [2.05, 4.69) is 47.5 Å². The first-order valence-electron chi connectivity index (χ1n) is 9.47. The van der Waals surface area contributed by atoms with Gasteiger partial charge in [-0.05, 0) is 79.0 Å². The first-order valence-corrected chi connectivity index (χ1v) is 9.47. The van der Waals surface area contributed by atoms with Gasteiger partial charge in [0.25, 0.3) is 0 Å². The Morgan fingerprint density at radius 3 is 1.32 bits per heavy atom. The van der Waals surface area contributed by atoms with Crippen LogP contribution in [0.5, 0.6) is 0 Å². The van der Waals surface area contributed by atoms with E-state index in [0.29, 0.717) is 0 Å². The van der Waals surface area contributed by atoms with Crippen LogP contribution in [-0.2, 0) is 0 Å². The zero-order chi connectivity index (χ0) is 16.2. The second-order valence-electron chi connectivity index (χ2n) is 7.00. The fourth-order valence-corrected chi connectivity index (χ4v) is 3.28. The van der Waals surface area contributed by atoms with Crippen molar-refractivity contribution in [3.05, 3.63) is 0 Å². The quantitative estimate of drug-likeness (QED) is 0.788. The highest BCUT2D eigenvalue weighted by molar-refractivity contribution is 4.67. The van der Waals surface area contributed by atoms with Gasteiger partial charge >= 0.3 is 0 Å². The minimum atomic E-state index is 1.20. The molecule has 4 heteroatoms. The van der Waals surface area contributed by atoms with E-state index < -0.39 is 0 Å². The van der Waals surface area contributed by atoms with Gasteiger partial charge in [0.15, 0.2) is 0 Å². The summed E-state index contributed by atoms with van der Waals surface area (Å²) in [5, 5.41) is 0. The van der Waals surface area contributed by atoms with Crippen molar-refractivity contribution < 1.29 is 0 Å². The van der Waals surface area contributed by atoms with Crippen LogP contribution in [0.2, 0.25) is 0 Å². The van der Waals surface area contributed by atoms with Crippen LogP contribution in [-0.4, -0.2) is 99.1 Å². The molecule has 0 aromatic heterocycles. The molecule has 0 atom stereocenters. The van der Waals surface area contributed by atoms with Crippen LogP contribution < -0.4 is 0 Å². The van der Waals surface area contributed by atoms with Gasteiger partial charge in [0.1, 0.15) is 0 Å². The Balaban J connectivity index is 2.52. The predicted molar refractivity (Wildman–Crippen MR) is 97.7 cm³/mol. The zero-order valence-electron chi connectivity index (χ0n) is 15.7. The van der Waals surface area contributed by atoms with Crippen molar-refractivity contribution >= 4 is 0 Å². The molecule has 0 N–H and O–H groups in total. The highest BCUT2D eigenvalue weighted by Crippen LogP contribution is 2.02. The second-order valence-corrected chi connectivity index (χ2v) is 7.00. The molecular weight excluding hydrogens is 272 g/mol. The Morgan fingerprint density at radius 2 is 0.955 bits per heavy atom. The van der Waals surface area contributed by atoms with Crippen molar-refractivity contribution in [2.75, 3.05) is 79.5 Å². The first-order chi connectivity index (χ1) is 10.7. The summed E-state index contributed by atoms with van der Waals surface area (Å²) < 4.78 is 0. The van der Waals surface area contributed by atoms with Crippen molar-refractivity contribution in [2.45, 2.75) is 39.5 Å². The molecule has 1 aliphatic heterocycles. The SMILES string of the molecule is CCCN1CCCN(C)CCN(C)CCCN(CCC)CC1. The lowest BCUT2D eigenvalue weighted by Crippen LogP contribution is -2.40. The average Bonchev–Trinajstić information content (AvgIpc) is 2.49. The molecule has 0 amide bonds. The van der Waals surface area contributed by atoms with Crippen LogP contribution in [0.25, 0.3) is 0 Å². The average molecular weight is 313 g/mol. The highest BCUT2D eigenvalue weighted by Gasteiger charge is 2.11. The third-order valence-corrected chi connectivity index (χ3v) is 4.70. The Hall–Kier alpha value is -0.160. The summed E-state index contributed by atoms with van der Waals surface area (Å²) in [6, 6.07) is 0. The monoisotopic (exact) mass is 312 g/mol. The fourth-order valence-electron chi connectivity index (χ4n) is 3.28. The maximum absolute atomic E-state index is 2.67. The minimum absolute atomic E-state index is 1.20. The van der Waals surface area contributed by atoms with Gasteiger partial charge < -0.3 is 19.6 Å². The van der Waals surface area contributed by atoms with E-state index in [1.165, 1.54) is 91.1 Å². The number of rotatable bonds is 4. The fraction of sp³-hybridized carbons (Fsp3) is 1.00. The molecule has 0 aromatic rings. The molecule has 0 aromatic carbocycles. The van der Waals surface area contributed by atoms with Gasteiger partial charge in [0, 0.05) is 26.2 Å². The van der Waals surface area contributed by atoms with Crippen LogP contribution in [0.1, 0.15) is 39.5 Å². The molecule has 1 fully saturated rings. The van der Waals surface area contributed by atoms with E-state index in [1.54, 1.807) is 0 Å². The van der Waals surface area contributed by atoms with Gasteiger partial charge in [-0.25, -0.2) is 0 Å². The molecule has 1 heterocycles. The summed E-state index contributed by atoms with van der Waals surface area (Å²) in [7, 11) is 4.54. The van der Waals surface area contributed by atoms with Crippen LogP contribution in [0.15, 0.2) is 0 Å². The second kappa shape index (κ2) is 12.3. The molecule has 0 aliphatic carbocycles. The Kier molecular flexibility index (Phi) is 11.1. The normalized spacial score (nSPS) is 23.5. The van der Waals surface area contributed by atoms with Crippen LogP contribution in [0.4, 0.5) is 0 Å². The smallest absolute Gasteiger partial charge is 0.0109 e. The highest BCUT2D eigenvalue weighted by atomic mass is 15.2.